The van der Waals surface area contributed by atoms with E-state index in [9.17, 15) is 4.39 Å². The molecule has 2 N–H and O–H groups in total. The Hall–Kier alpha value is -2.07. The van der Waals surface area contributed by atoms with Crippen molar-refractivity contribution in [2.75, 3.05) is 5.73 Å². The maximum absolute atomic E-state index is 12.8. The Morgan fingerprint density at radius 3 is 2.63 bits per heavy atom. The largest absolute Gasteiger partial charge is 0.488 e. The van der Waals surface area contributed by atoms with Gasteiger partial charge in [0.1, 0.15) is 18.2 Å². The number of rotatable bonds is 3. The Labute approximate surface area is 114 Å². The van der Waals surface area contributed by atoms with Gasteiger partial charge in [0.05, 0.1) is 0 Å². The van der Waals surface area contributed by atoms with Crippen LogP contribution in [0.5, 0.6) is 5.75 Å². The molecule has 19 heavy (non-hydrogen) atoms. The van der Waals surface area contributed by atoms with Gasteiger partial charge in [0.25, 0.3) is 0 Å². The molecule has 0 aliphatic heterocycles. The van der Waals surface area contributed by atoms with E-state index in [1.54, 1.807) is 23.5 Å². The molecule has 0 aliphatic carbocycles. The minimum atomic E-state index is -0.262. The number of halogens is 1. The van der Waals surface area contributed by atoms with Crippen LogP contribution in [0.4, 0.5) is 10.1 Å². The van der Waals surface area contributed by atoms with Gasteiger partial charge >= 0.3 is 0 Å². The number of nitrogens with two attached hydrogens (primary N) is 1. The van der Waals surface area contributed by atoms with E-state index in [4.69, 9.17) is 10.5 Å². The van der Waals surface area contributed by atoms with Crippen molar-refractivity contribution in [3.05, 3.63) is 59.2 Å². The molecule has 1 heterocycles. The molecule has 0 saturated carbocycles. The Bertz CT molecular complexity index is 706. The number of fused-ring (bicyclic) bond motifs is 1. The predicted molar refractivity (Wildman–Crippen MR) is 77.0 cm³/mol. The highest BCUT2D eigenvalue weighted by Gasteiger charge is 2.05. The molecule has 96 valence electrons. The SMILES string of the molecule is Nc1cccc2sc(COc3ccc(F)cc3)cc12. The lowest BCUT2D eigenvalue weighted by Gasteiger charge is -2.03. The predicted octanol–water partition coefficient (Wildman–Crippen LogP) is 4.20. The van der Waals surface area contributed by atoms with E-state index in [1.165, 1.54) is 12.1 Å². The normalized spacial score (nSPS) is 10.8. The Morgan fingerprint density at radius 2 is 1.89 bits per heavy atom. The van der Waals surface area contributed by atoms with Gasteiger partial charge in [-0.15, -0.1) is 11.3 Å². The van der Waals surface area contributed by atoms with Crippen LogP contribution in [0, 0.1) is 5.82 Å². The molecule has 3 aromatic rings. The fraction of sp³-hybridized carbons (Fsp3) is 0.0667. The van der Waals surface area contributed by atoms with Crippen molar-refractivity contribution in [2.45, 2.75) is 6.61 Å². The summed E-state index contributed by atoms with van der Waals surface area (Å²) in [6, 6.07) is 13.9. The quantitative estimate of drug-likeness (QED) is 0.726. The van der Waals surface area contributed by atoms with Crippen LogP contribution in [0.1, 0.15) is 4.88 Å². The third-order valence-electron chi connectivity index (χ3n) is 2.84. The highest BCUT2D eigenvalue weighted by Crippen LogP contribution is 2.30. The zero-order valence-corrected chi connectivity index (χ0v) is 10.9. The molecule has 1 aromatic heterocycles. The molecule has 0 atom stereocenters. The maximum atomic E-state index is 12.8. The second kappa shape index (κ2) is 4.90. The van der Waals surface area contributed by atoms with E-state index in [2.05, 4.69) is 0 Å². The highest BCUT2D eigenvalue weighted by molar-refractivity contribution is 7.19. The van der Waals surface area contributed by atoms with Gasteiger partial charge in [0, 0.05) is 20.7 Å². The molecule has 0 spiro atoms. The summed E-state index contributed by atoms with van der Waals surface area (Å²) in [7, 11) is 0. The smallest absolute Gasteiger partial charge is 0.123 e. The Kier molecular flexibility index (Phi) is 3.09. The van der Waals surface area contributed by atoms with E-state index in [1.807, 2.05) is 24.3 Å². The summed E-state index contributed by atoms with van der Waals surface area (Å²) in [5, 5.41) is 1.06. The fourth-order valence-electron chi connectivity index (χ4n) is 1.89. The van der Waals surface area contributed by atoms with Crippen molar-refractivity contribution < 1.29 is 9.13 Å². The van der Waals surface area contributed by atoms with Crippen LogP contribution < -0.4 is 10.5 Å². The maximum Gasteiger partial charge on any atom is 0.123 e. The van der Waals surface area contributed by atoms with Crippen molar-refractivity contribution in [2.24, 2.45) is 0 Å². The number of hydrogen-bond acceptors (Lipinski definition) is 3. The van der Waals surface area contributed by atoms with Crippen molar-refractivity contribution in [1.29, 1.82) is 0 Å². The molecule has 0 saturated heterocycles. The van der Waals surface area contributed by atoms with Crippen LogP contribution in [0.2, 0.25) is 0 Å². The van der Waals surface area contributed by atoms with Gasteiger partial charge in [0.15, 0.2) is 0 Å². The fourth-order valence-corrected chi connectivity index (χ4v) is 2.90. The minimum Gasteiger partial charge on any atom is -0.488 e. The van der Waals surface area contributed by atoms with Crippen LogP contribution >= 0.6 is 11.3 Å². The summed E-state index contributed by atoms with van der Waals surface area (Å²) >= 11 is 1.65. The molecule has 2 nitrogen and oxygen atoms in total. The Morgan fingerprint density at radius 1 is 1.11 bits per heavy atom. The number of anilines is 1. The number of benzene rings is 2. The molecule has 0 aliphatic rings. The highest BCUT2D eigenvalue weighted by atomic mass is 32.1. The molecule has 2 aromatic carbocycles. The van der Waals surface area contributed by atoms with E-state index < -0.39 is 0 Å². The summed E-state index contributed by atoms with van der Waals surface area (Å²) in [5.41, 5.74) is 6.70. The molecule has 0 bridgehead atoms. The molecule has 0 unspecified atom stereocenters. The van der Waals surface area contributed by atoms with Gasteiger partial charge in [0.2, 0.25) is 0 Å². The minimum absolute atomic E-state index is 0.262. The van der Waals surface area contributed by atoms with E-state index in [-0.39, 0.29) is 5.82 Å². The van der Waals surface area contributed by atoms with Crippen molar-refractivity contribution in [1.82, 2.24) is 0 Å². The van der Waals surface area contributed by atoms with Gasteiger partial charge in [-0.05, 0) is 42.5 Å². The third-order valence-corrected chi connectivity index (χ3v) is 3.91. The lowest BCUT2D eigenvalue weighted by Crippen LogP contribution is -1.92. The summed E-state index contributed by atoms with van der Waals surface area (Å²) in [6.07, 6.45) is 0. The first-order valence-electron chi connectivity index (χ1n) is 5.87. The van der Waals surface area contributed by atoms with Crippen molar-refractivity contribution >= 4 is 27.1 Å². The first-order chi connectivity index (χ1) is 9.22. The second-order valence-electron chi connectivity index (χ2n) is 4.21. The lowest BCUT2D eigenvalue weighted by molar-refractivity contribution is 0.309. The number of hydrogen-bond donors (Lipinski definition) is 1. The topological polar surface area (TPSA) is 35.2 Å². The van der Waals surface area contributed by atoms with Crippen LogP contribution in [-0.2, 0) is 6.61 Å². The zero-order chi connectivity index (χ0) is 13.2. The first kappa shape index (κ1) is 12.0. The summed E-state index contributed by atoms with van der Waals surface area (Å²) in [6.45, 7) is 0.463. The molecule has 3 rings (SSSR count). The molecular formula is C15H12FNOS. The molecule has 0 fully saturated rings. The van der Waals surface area contributed by atoms with Crippen molar-refractivity contribution in [3.63, 3.8) is 0 Å². The van der Waals surface area contributed by atoms with Gasteiger partial charge in [-0.25, -0.2) is 4.39 Å². The molecule has 4 heteroatoms. The van der Waals surface area contributed by atoms with Crippen LogP contribution in [-0.4, -0.2) is 0 Å². The molecular weight excluding hydrogens is 261 g/mol. The first-order valence-corrected chi connectivity index (χ1v) is 6.69. The lowest BCUT2D eigenvalue weighted by atomic mass is 10.2. The van der Waals surface area contributed by atoms with Crippen LogP contribution in [0.3, 0.4) is 0 Å². The number of ether oxygens (including phenoxy) is 1. The van der Waals surface area contributed by atoms with E-state index in [0.717, 1.165) is 20.7 Å². The van der Waals surface area contributed by atoms with E-state index in [0.29, 0.717) is 12.4 Å². The molecule has 0 amide bonds. The van der Waals surface area contributed by atoms with E-state index >= 15 is 0 Å². The van der Waals surface area contributed by atoms with Gasteiger partial charge in [-0.1, -0.05) is 6.07 Å². The third kappa shape index (κ3) is 2.53. The van der Waals surface area contributed by atoms with Crippen LogP contribution in [0.15, 0.2) is 48.5 Å². The van der Waals surface area contributed by atoms with Gasteiger partial charge < -0.3 is 10.5 Å². The van der Waals surface area contributed by atoms with Gasteiger partial charge in [-0.3, -0.25) is 0 Å². The standard InChI is InChI=1S/C15H12FNOS/c16-10-4-6-11(7-5-10)18-9-12-8-13-14(17)2-1-3-15(13)19-12/h1-8H,9,17H2. The van der Waals surface area contributed by atoms with Crippen LogP contribution in [0.25, 0.3) is 10.1 Å². The summed E-state index contributed by atoms with van der Waals surface area (Å²) in [5.74, 6) is 0.397. The average Bonchev–Trinajstić information content (AvgIpc) is 2.83. The summed E-state index contributed by atoms with van der Waals surface area (Å²) < 4.78 is 19.5. The monoisotopic (exact) mass is 273 g/mol. The van der Waals surface area contributed by atoms with Crippen molar-refractivity contribution in [3.8, 4) is 5.75 Å². The Balaban J connectivity index is 1.78. The van der Waals surface area contributed by atoms with Gasteiger partial charge in [-0.2, -0.15) is 0 Å². The number of thiophene rings is 1. The second-order valence-corrected chi connectivity index (χ2v) is 5.38. The summed E-state index contributed by atoms with van der Waals surface area (Å²) in [4.78, 5) is 1.09. The average molecular weight is 273 g/mol. The zero-order valence-electron chi connectivity index (χ0n) is 10.1. The molecule has 0 radical (unpaired) electrons. The number of nitrogen functional groups attached to an aromatic ring is 1.